The molecule has 1 aliphatic rings. The molecule has 2 N–H and O–H groups in total. The van der Waals surface area contributed by atoms with Gasteiger partial charge in [0.15, 0.2) is 0 Å². The maximum Gasteiger partial charge on any atom is 0.240 e. The summed E-state index contributed by atoms with van der Waals surface area (Å²) in [7, 11) is -3.66. The van der Waals surface area contributed by atoms with Crippen LogP contribution in [0.4, 0.5) is 4.39 Å². The van der Waals surface area contributed by atoms with Gasteiger partial charge in [-0.3, -0.25) is 4.79 Å². The summed E-state index contributed by atoms with van der Waals surface area (Å²) in [6.45, 7) is 3.64. The number of amides is 1. The molecule has 7 heteroatoms. The molecule has 1 unspecified atom stereocenters. The highest BCUT2D eigenvalue weighted by atomic mass is 32.2. The van der Waals surface area contributed by atoms with E-state index in [4.69, 9.17) is 0 Å². The molecule has 3 rings (SSSR count). The number of fused-ring (bicyclic) bond motifs is 1. The number of nitrogens with one attached hydrogen (secondary N) is 2. The maximum atomic E-state index is 13.8. The molecule has 0 bridgehead atoms. The number of rotatable bonds is 6. The van der Waals surface area contributed by atoms with Crippen molar-refractivity contribution >= 4 is 15.9 Å². The molecule has 5 nitrogen and oxygen atoms in total. The van der Waals surface area contributed by atoms with Gasteiger partial charge in [-0.25, -0.2) is 17.5 Å². The molecule has 0 heterocycles. The summed E-state index contributed by atoms with van der Waals surface area (Å²) in [4.78, 5) is 12.4. The van der Waals surface area contributed by atoms with Crippen LogP contribution in [0.25, 0.3) is 0 Å². The Morgan fingerprint density at radius 1 is 1.22 bits per heavy atom. The summed E-state index contributed by atoms with van der Waals surface area (Å²) >= 11 is 0. The third-order valence-electron chi connectivity index (χ3n) is 4.81. The summed E-state index contributed by atoms with van der Waals surface area (Å²) in [6, 6.07) is 9.76. The number of hydrogen-bond acceptors (Lipinski definition) is 3. The van der Waals surface area contributed by atoms with Gasteiger partial charge in [0.25, 0.3) is 0 Å². The van der Waals surface area contributed by atoms with E-state index in [0.29, 0.717) is 24.0 Å². The van der Waals surface area contributed by atoms with Crippen LogP contribution in [0, 0.1) is 19.7 Å². The average Bonchev–Trinajstić information content (AvgIpc) is 2.98. The number of benzene rings is 2. The van der Waals surface area contributed by atoms with Gasteiger partial charge in [-0.1, -0.05) is 29.8 Å². The molecule has 0 spiro atoms. The number of halogens is 1. The predicted molar refractivity (Wildman–Crippen MR) is 101 cm³/mol. The molecular formula is C20H23FN2O3S. The van der Waals surface area contributed by atoms with Crippen molar-refractivity contribution < 1.29 is 17.6 Å². The van der Waals surface area contributed by atoms with Crippen LogP contribution in [-0.2, 0) is 21.2 Å². The van der Waals surface area contributed by atoms with Crippen LogP contribution < -0.4 is 10.0 Å². The van der Waals surface area contributed by atoms with Gasteiger partial charge in [0, 0.05) is 13.0 Å². The third-order valence-corrected chi connectivity index (χ3v) is 6.43. The fourth-order valence-corrected chi connectivity index (χ4v) is 4.76. The highest BCUT2D eigenvalue weighted by Crippen LogP contribution is 2.32. The van der Waals surface area contributed by atoms with E-state index in [1.54, 1.807) is 31.2 Å². The fraction of sp³-hybridized carbons (Fsp3) is 0.350. The van der Waals surface area contributed by atoms with Crippen molar-refractivity contribution in [3.8, 4) is 0 Å². The Bertz CT molecular complexity index is 973. The van der Waals surface area contributed by atoms with Crippen LogP contribution in [0.5, 0.6) is 0 Å². The number of hydrogen-bond donors (Lipinski definition) is 2. The van der Waals surface area contributed by atoms with Crippen LogP contribution in [0.2, 0.25) is 0 Å². The highest BCUT2D eigenvalue weighted by molar-refractivity contribution is 7.89. The summed E-state index contributed by atoms with van der Waals surface area (Å²) in [6.07, 6.45) is 1.26. The fourth-order valence-electron chi connectivity index (χ4n) is 3.50. The van der Waals surface area contributed by atoms with Crippen molar-refractivity contribution in [3.63, 3.8) is 0 Å². The second-order valence-electron chi connectivity index (χ2n) is 6.88. The average molecular weight is 390 g/mol. The first-order valence-electron chi connectivity index (χ1n) is 8.91. The SMILES string of the molecule is Cc1ccc(S(=O)(=O)NCCC(=O)NC2CCc3c(F)cccc32)c(C)c1. The predicted octanol–water partition coefficient (Wildman–Crippen LogP) is 2.91. The van der Waals surface area contributed by atoms with Crippen molar-refractivity contribution in [1.29, 1.82) is 0 Å². The van der Waals surface area contributed by atoms with E-state index < -0.39 is 10.0 Å². The highest BCUT2D eigenvalue weighted by Gasteiger charge is 2.26. The Morgan fingerprint density at radius 3 is 2.74 bits per heavy atom. The minimum Gasteiger partial charge on any atom is -0.349 e. The summed E-state index contributed by atoms with van der Waals surface area (Å²) in [5.41, 5.74) is 3.10. The Kier molecular flexibility index (Phi) is 5.62. The van der Waals surface area contributed by atoms with Crippen molar-refractivity contribution in [2.45, 2.75) is 44.0 Å². The smallest absolute Gasteiger partial charge is 0.240 e. The lowest BCUT2D eigenvalue weighted by molar-refractivity contribution is -0.121. The molecule has 2 aromatic carbocycles. The van der Waals surface area contributed by atoms with Gasteiger partial charge in [0.05, 0.1) is 10.9 Å². The van der Waals surface area contributed by atoms with Crippen LogP contribution in [0.3, 0.4) is 0 Å². The minimum atomic E-state index is -3.66. The van der Waals surface area contributed by atoms with E-state index >= 15 is 0 Å². The van der Waals surface area contributed by atoms with Crippen LogP contribution in [-0.4, -0.2) is 20.9 Å². The van der Waals surface area contributed by atoms with Gasteiger partial charge < -0.3 is 5.32 Å². The second-order valence-corrected chi connectivity index (χ2v) is 8.62. The number of carbonyl (C=O) groups is 1. The number of aryl methyl sites for hydroxylation is 2. The molecule has 1 atom stereocenters. The quantitative estimate of drug-likeness (QED) is 0.796. The zero-order valence-corrected chi connectivity index (χ0v) is 16.2. The van der Waals surface area contributed by atoms with Gasteiger partial charge in [-0.15, -0.1) is 0 Å². The molecule has 0 saturated carbocycles. The standard InChI is InChI=1S/C20H23FN2O3S/c1-13-6-9-19(14(2)12-13)27(25,26)22-11-10-20(24)23-18-8-7-15-16(18)4-3-5-17(15)21/h3-6,9,12,18,22H,7-8,10-11H2,1-2H3,(H,23,24). The first-order chi connectivity index (χ1) is 12.8. The first kappa shape index (κ1) is 19.5. The van der Waals surface area contributed by atoms with Crippen molar-refractivity contribution in [2.75, 3.05) is 6.54 Å². The van der Waals surface area contributed by atoms with Crippen LogP contribution in [0.15, 0.2) is 41.3 Å². The molecule has 1 amide bonds. The van der Waals surface area contributed by atoms with E-state index in [1.165, 1.54) is 6.07 Å². The molecule has 0 radical (unpaired) electrons. The van der Waals surface area contributed by atoms with Gasteiger partial charge >= 0.3 is 0 Å². The van der Waals surface area contributed by atoms with E-state index in [0.717, 1.165) is 11.1 Å². The minimum absolute atomic E-state index is 0.00418. The Labute approximate surface area is 159 Å². The lowest BCUT2D eigenvalue weighted by Gasteiger charge is -2.15. The molecule has 1 aliphatic carbocycles. The van der Waals surface area contributed by atoms with Crippen molar-refractivity contribution in [2.24, 2.45) is 0 Å². The normalized spacial score (nSPS) is 16.2. The molecule has 0 saturated heterocycles. The molecule has 0 fully saturated rings. The molecule has 27 heavy (non-hydrogen) atoms. The first-order valence-corrected chi connectivity index (χ1v) is 10.4. The summed E-state index contributed by atoms with van der Waals surface area (Å²) < 4.78 is 41.0. The molecule has 0 aliphatic heterocycles. The van der Waals surface area contributed by atoms with E-state index in [-0.39, 0.29) is 35.6 Å². The molecular weight excluding hydrogens is 367 g/mol. The van der Waals surface area contributed by atoms with Gasteiger partial charge in [-0.2, -0.15) is 0 Å². The zero-order chi connectivity index (χ0) is 19.6. The third kappa shape index (κ3) is 4.36. The van der Waals surface area contributed by atoms with Crippen molar-refractivity contribution in [1.82, 2.24) is 10.0 Å². The topological polar surface area (TPSA) is 75.3 Å². The summed E-state index contributed by atoms with van der Waals surface area (Å²) in [5.74, 6) is -0.508. The maximum absolute atomic E-state index is 13.8. The Hall–Kier alpha value is -2.25. The summed E-state index contributed by atoms with van der Waals surface area (Å²) in [5, 5.41) is 2.87. The largest absolute Gasteiger partial charge is 0.349 e. The Morgan fingerprint density at radius 2 is 2.00 bits per heavy atom. The Balaban J connectivity index is 1.55. The molecule has 2 aromatic rings. The lowest BCUT2D eigenvalue weighted by atomic mass is 10.1. The van der Waals surface area contributed by atoms with Crippen LogP contribution in [0.1, 0.15) is 41.1 Å². The van der Waals surface area contributed by atoms with E-state index in [9.17, 15) is 17.6 Å². The van der Waals surface area contributed by atoms with Crippen molar-refractivity contribution in [3.05, 3.63) is 64.5 Å². The number of sulfonamides is 1. The van der Waals surface area contributed by atoms with E-state index in [2.05, 4.69) is 10.0 Å². The zero-order valence-electron chi connectivity index (χ0n) is 15.4. The van der Waals surface area contributed by atoms with Crippen LogP contribution >= 0.6 is 0 Å². The van der Waals surface area contributed by atoms with E-state index in [1.807, 2.05) is 13.0 Å². The number of carbonyl (C=O) groups excluding carboxylic acids is 1. The van der Waals surface area contributed by atoms with Gasteiger partial charge in [0.1, 0.15) is 5.82 Å². The molecule has 0 aromatic heterocycles. The second kappa shape index (κ2) is 7.78. The monoisotopic (exact) mass is 390 g/mol. The lowest BCUT2D eigenvalue weighted by Crippen LogP contribution is -2.32. The van der Waals surface area contributed by atoms with Gasteiger partial charge in [0.2, 0.25) is 15.9 Å². The molecule has 144 valence electrons. The van der Waals surface area contributed by atoms with Gasteiger partial charge in [-0.05, 0) is 55.5 Å².